The molecule has 0 aliphatic rings. The minimum absolute atomic E-state index is 0.942. The van der Waals surface area contributed by atoms with Gasteiger partial charge in [0.1, 0.15) is 5.82 Å². The Hall–Kier alpha value is -2.87. The smallest absolute Gasteiger partial charge is 0.138 e. The maximum Gasteiger partial charge on any atom is 0.138 e. The van der Waals surface area contributed by atoms with Crippen LogP contribution in [0.25, 0.3) is 33.5 Å². The predicted molar refractivity (Wildman–Crippen MR) is 106 cm³/mol. The van der Waals surface area contributed by atoms with Gasteiger partial charge in [-0.2, -0.15) is 0 Å². The third-order valence-corrected chi connectivity index (χ3v) is 4.92. The largest absolute Gasteiger partial charge is 0.338 e. The summed E-state index contributed by atoms with van der Waals surface area (Å²) in [5.74, 6) is 0.942. The van der Waals surface area contributed by atoms with E-state index in [0.717, 1.165) is 28.8 Å². The van der Waals surface area contributed by atoms with Gasteiger partial charge >= 0.3 is 0 Å². The number of imidazole rings is 1. The SMILES string of the molecule is CCc1cc2[nH]c(-c3ccccc3C)nc2cc1-c1ccccc1C. The number of aromatic amines is 1. The second kappa shape index (κ2) is 6.21. The average Bonchev–Trinajstić information content (AvgIpc) is 3.04. The average molecular weight is 326 g/mol. The van der Waals surface area contributed by atoms with Crippen LogP contribution in [0.3, 0.4) is 0 Å². The highest BCUT2D eigenvalue weighted by atomic mass is 14.9. The lowest BCUT2D eigenvalue weighted by atomic mass is 9.94. The fourth-order valence-electron chi connectivity index (χ4n) is 3.49. The standard InChI is InChI=1S/C23H22N2/c1-4-17-13-21-22(14-20(17)18-11-7-5-9-15(18)2)25-23(24-21)19-12-8-6-10-16(19)3/h5-14H,4H2,1-3H3,(H,24,25). The van der Waals surface area contributed by atoms with Gasteiger partial charge in [0, 0.05) is 5.56 Å². The van der Waals surface area contributed by atoms with Crippen LogP contribution in [-0.4, -0.2) is 9.97 Å². The van der Waals surface area contributed by atoms with Gasteiger partial charge in [0.15, 0.2) is 0 Å². The molecule has 25 heavy (non-hydrogen) atoms. The summed E-state index contributed by atoms with van der Waals surface area (Å²) in [6, 6.07) is 21.4. The Morgan fingerprint density at radius 3 is 2.08 bits per heavy atom. The van der Waals surface area contributed by atoms with Crippen molar-refractivity contribution >= 4 is 11.0 Å². The molecule has 1 aromatic heterocycles. The predicted octanol–water partition coefficient (Wildman–Crippen LogP) is 6.08. The molecule has 1 N–H and O–H groups in total. The summed E-state index contributed by atoms with van der Waals surface area (Å²) in [4.78, 5) is 8.39. The first kappa shape index (κ1) is 15.6. The van der Waals surface area contributed by atoms with Crippen LogP contribution in [0, 0.1) is 13.8 Å². The zero-order valence-corrected chi connectivity index (χ0v) is 14.9. The molecule has 4 aromatic rings. The molecule has 2 heteroatoms. The quantitative estimate of drug-likeness (QED) is 0.486. The highest BCUT2D eigenvalue weighted by Crippen LogP contribution is 2.32. The number of fused-ring (bicyclic) bond motifs is 1. The van der Waals surface area contributed by atoms with Gasteiger partial charge in [0.2, 0.25) is 0 Å². The number of rotatable bonds is 3. The molecule has 0 amide bonds. The number of hydrogen-bond donors (Lipinski definition) is 1. The van der Waals surface area contributed by atoms with E-state index in [-0.39, 0.29) is 0 Å². The molecule has 0 aliphatic heterocycles. The molecule has 124 valence electrons. The molecule has 1 heterocycles. The van der Waals surface area contributed by atoms with Gasteiger partial charge in [-0.05, 0) is 60.2 Å². The third-order valence-electron chi connectivity index (χ3n) is 4.92. The number of H-pyrrole nitrogens is 1. The topological polar surface area (TPSA) is 28.7 Å². The summed E-state index contributed by atoms with van der Waals surface area (Å²) < 4.78 is 0. The van der Waals surface area contributed by atoms with Crippen LogP contribution in [0.4, 0.5) is 0 Å². The van der Waals surface area contributed by atoms with Crippen molar-refractivity contribution in [1.29, 1.82) is 0 Å². The molecule has 0 unspecified atom stereocenters. The number of aryl methyl sites for hydroxylation is 3. The van der Waals surface area contributed by atoms with E-state index in [1.54, 1.807) is 0 Å². The summed E-state index contributed by atoms with van der Waals surface area (Å²) in [6.45, 7) is 6.50. The highest BCUT2D eigenvalue weighted by molar-refractivity contribution is 5.87. The van der Waals surface area contributed by atoms with E-state index < -0.39 is 0 Å². The molecular formula is C23H22N2. The number of nitrogens with zero attached hydrogens (tertiary/aromatic N) is 1. The maximum atomic E-state index is 4.88. The zero-order valence-electron chi connectivity index (χ0n) is 14.9. The number of aromatic nitrogens is 2. The number of nitrogens with one attached hydrogen (secondary N) is 1. The number of benzene rings is 3. The monoisotopic (exact) mass is 326 g/mol. The van der Waals surface area contributed by atoms with Crippen LogP contribution < -0.4 is 0 Å². The van der Waals surface area contributed by atoms with Crippen molar-refractivity contribution in [3.63, 3.8) is 0 Å². The van der Waals surface area contributed by atoms with E-state index >= 15 is 0 Å². The molecule has 0 atom stereocenters. The molecular weight excluding hydrogens is 304 g/mol. The maximum absolute atomic E-state index is 4.88. The summed E-state index contributed by atoms with van der Waals surface area (Å²) in [5, 5.41) is 0. The second-order valence-electron chi connectivity index (χ2n) is 6.60. The summed E-state index contributed by atoms with van der Waals surface area (Å²) in [5.41, 5.74) is 9.75. The molecule has 0 saturated heterocycles. The Morgan fingerprint density at radius 2 is 1.44 bits per heavy atom. The van der Waals surface area contributed by atoms with Gasteiger partial charge in [-0.3, -0.25) is 0 Å². The van der Waals surface area contributed by atoms with Crippen LogP contribution >= 0.6 is 0 Å². The van der Waals surface area contributed by atoms with Crippen LogP contribution in [0.2, 0.25) is 0 Å². The summed E-state index contributed by atoms with van der Waals surface area (Å²) in [6.07, 6.45) is 0.998. The van der Waals surface area contributed by atoms with Gasteiger partial charge in [0.05, 0.1) is 11.0 Å². The fourth-order valence-corrected chi connectivity index (χ4v) is 3.49. The highest BCUT2D eigenvalue weighted by Gasteiger charge is 2.12. The van der Waals surface area contributed by atoms with Gasteiger partial charge < -0.3 is 4.98 Å². The molecule has 4 rings (SSSR count). The number of hydrogen-bond acceptors (Lipinski definition) is 1. The minimum atomic E-state index is 0.942. The molecule has 0 bridgehead atoms. The first-order chi connectivity index (χ1) is 12.2. The van der Waals surface area contributed by atoms with Crippen LogP contribution in [0.15, 0.2) is 60.7 Å². The van der Waals surface area contributed by atoms with Crippen molar-refractivity contribution in [3.8, 4) is 22.5 Å². The Kier molecular flexibility index (Phi) is 3.89. The Bertz CT molecular complexity index is 1060. The van der Waals surface area contributed by atoms with E-state index in [4.69, 9.17) is 4.98 Å². The van der Waals surface area contributed by atoms with Gasteiger partial charge in [-0.1, -0.05) is 55.5 Å². The molecule has 0 fully saturated rings. The minimum Gasteiger partial charge on any atom is -0.338 e. The van der Waals surface area contributed by atoms with E-state index in [1.807, 2.05) is 0 Å². The lowest BCUT2D eigenvalue weighted by Gasteiger charge is -2.11. The first-order valence-corrected chi connectivity index (χ1v) is 8.82. The molecule has 0 aliphatic carbocycles. The van der Waals surface area contributed by atoms with Crippen LogP contribution in [0.1, 0.15) is 23.6 Å². The molecule has 3 aromatic carbocycles. The lowest BCUT2D eigenvalue weighted by Crippen LogP contribution is -1.90. The van der Waals surface area contributed by atoms with Gasteiger partial charge in [0.25, 0.3) is 0 Å². The zero-order chi connectivity index (χ0) is 17.4. The molecule has 0 spiro atoms. The van der Waals surface area contributed by atoms with Gasteiger partial charge in [-0.25, -0.2) is 4.98 Å². The lowest BCUT2D eigenvalue weighted by molar-refractivity contribution is 1.14. The molecule has 2 nitrogen and oxygen atoms in total. The van der Waals surface area contributed by atoms with Crippen LogP contribution in [-0.2, 0) is 6.42 Å². The Labute approximate surface area is 148 Å². The van der Waals surface area contributed by atoms with Crippen molar-refractivity contribution in [2.75, 3.05) is 0 Å². The normalized spacial score (nSPS) is 11.2. The van der Waals surface area contributed by atoms with Crippen molar-refractivity contribution in [3.05, 3.63) is 77.4 Å². The van der Waals surface area contributed by atoms with E-state index in [2.05, 4.69) is 86.4 Å². The fraction of sp³-hybridized carbons (Fsp3) is 0.174. The summed E-state index contributed by atoms with van der Waals surface area (Å²) in [7, 11) is 0. The molecule has 0 saturated carbocycles. The summed E-state index contributed by atoms with van der Waals surface area (Å²) >= 11 is 0. The van der Waals surface area contributed by atoms with Crippen molar-refractivity contribution < 1.29 is 0 Å². The second-order valence-corrected chi connectivity index (χ2v) is 6.60. The van der Waals surface area contributed by atoms with E-state index in [0.29, 0.717) is 0 Å². The molecule has 0 radical (unpaired) electrons. The van der Waals surface area contributed by atoms with E-state index in [9.17, 15) is 0 Å². The van der Waals surface area contributed by atoms with E-state index in [1.165, 1.54) is 27.8 Å². The third kappa shape index (κ3) is 2.74. The van der Waals surface area contributed by atoms with Crippen molar-refractivity contribution in [1.82, 2.24) is 9.97 Å². The first-order valence-electron chi connectivity index (χ1n) is 8.82. The van der Waals surface area contributed by atoms with Crippen LogP contribution in [0.5, 0.6) is 0 Å². The van der Waals surface area contributed by atoms with Crippen molar-refractivity contribution in [2.45, 2.75) is 27.2 Å². The van der Waals surface area contributed by atoms with Crippen molar-refractivity contribution in [2.24, 2.45) is 0 Å². The Morgan fingerprint density at radius 1 is 0.800 bits per heavy atom. The Balaban J connectivity index is 1.92. The van der Waals surface area contributed by atoms with Gasteiger partial charge in [-0.15, -0.1) is 0 Å².